The number of aryl methyl sites for hydroxylation is 1. The molecule has 2 aromatic rings. The van der Waals surface area contributed by atoms with E-state index < -0.39 is 36.5 Å². The van der Waals surface area contributed by atoms with E-state index >= 15 is 0 Å². The number of carbonyl (C=O) groups is 1. The zero-order chi connectivity index (χ0) is 25.9. The summed E-state index contributed by atoms with van der Waals surface area (Å²) in [5.74, 6) is 0.145. The molecule has 4 rings (SSSR count). The number of hydrogen-bond acceptors (Lipinski definition) is 6. The van der Waals surface area contributed by atoms with Gasteiger partial charge in [0.15, 0.2) is 5.69 Å². The van der Waals surface area contributed by atoms with Crippen LogP contribution in [0.1, 0.15) is 28.0 Å². The Morgan fingerprint density at radius 1 is 1.14 bits per heavy atom. The van der Waals surface area contributed by atoms with Crippen LogP contribution in [0.4, 0.5) is 26.3 Å². The normalized spacial score (nSPS) is 19.6. The van der Waals surface area contributed by atoms with Crippen molar-refractivity contribution in [2.45, 2.75) is 43.9 Å². The van der Waals surface area contributed by atoms with Crippen molar-refractivity contribution in [1.82, 2.24) is 15.1 Å². The number of fused-ring (bicyclic) bond motifs is 2. The number of rotatable bonds is 8. The molecule has 2 atom stereocenters. The number of amides is 1. The lowest BCUT2D eigenvalue weighted by Gasteiger charge is -2.26. The van der Waals surface area contributed by atoms with Crippen LogP contribution < -0.4 is 14.8 Å². The maximum atomic E-state index is 13.0. The van der Waals surface area contributed by atoms with Crippen molar-refractivity contribution in [2.24, 2.45) is 0 Å². The molecule has 3 heterocycles. The lowest BCUT2D eigenvalue weighted by Crippen LogP contribution is -2.43. The number of hydrogen-bond donors (Lipinski definition) is 1. The Labute approximate surface area is 201 Å². The van der Waals surface area contributed by atoms with Gasteiger partial charge in [-0.15, -0.1) is 0 Å². The largest absolute Gasteiger partial charge is 0.491 e. The molecule has 2 aliphatic heterocycles. The summed E-state index contributed by atoms with van der Waals surface area (Å²) in [6, 6.07) is 4.13. The highest BCUT2D eigenvalue weighted by molar-refractivity contribution is 5.92. The second-order valence-electron chi connectivity index (χ2n) is 8.37. The van der Waals surface area contributed by atoms with Crippen molar-refractivity contribution in [3.63, 3.8) is 0 Å². The van der Waals surface area contributed by atoms with Crippen LogP contribution >= 0.6 is 0 Å². The van der Waals surface area contributed by atoms with E-state index in [0.717, 1.165) is 12.1 Å². The van der Waals surface area contributed by atoms with Gasteiger partial charge < -0.3 is 24.3 Å². The van der Waals surface area contributed by atoms with Gasteiger partial charge >= 0.3 is 12.4 Å². The van der Waals surface area contributed by atoms with Crippen molar-refractivity contribution < 1.29 is 50.1 Å². The van der Waals surface area contributed by atoms with E-state index in [4.69, 9.17) is 14.2 Å². The van der Waals surface area contributed by atoms with Gasteiger partial charge in [0.25, 0.3) is 5.91 Å². The lowest BCUT2D eigenvalue weighted by atomic mass is 10.00. The Morgan fingerprint density at radius 2 is 1.92 bits per heavy atom. The van der Waals surface area contributed by atoms with Gasteiger partial charge in [0.2, 0.25) is 5.88 Å². The molecular formula is C22H23F6N3O5. The van der Waals surface area contributed by atoms with E-state index in [-0.39, 0.29) is 44.6 Å². The smallest absolute Gasteiger partial charge is 0.416 e. The molecule has 0 radical (unpaired) electrons. The topological polar surface area (TPSA) is 83.8 Å². The van der Waals surface area contributed by atoms with Crippen LogP contribution in [0.15, 0.2) is 24.3 Å². The van der Waals surface area contributed by atoms with Crippen LogP contribution in [0.2, 0.25) is 0 Å². The van der Waals surface area contributed by atoms with E-state index in [1.807, 2.05) is 0 Å². The van der Waals surface area contributed by atoms with Gasteiger partial charge in [-0.25, -0.2) is 4.68 Å². The Bertz CT molecular complexity index is 1070. The number of carbonyl (C=O) groups excluding carboxylic acids is 1. The number of nitrogens with one attached hydrogen (secondary N) is 1. The zero-order valence-corrected chi connectivity index (χ0v) is 18.8. The van der Waals surface area contributed by atoms with Crippen LogP contribution in [-0.2, 0) is 28.6 Å². The quantitative estimate of drug-likeness (QED) is 0.422. The summed E-state index contributed by atoms with van der Waals surface area (Å²) < 4.78 is 97.6. The van der Waals surface area contributed by atoms with Gasteiger partial charge in [0.1, 0.15) is 25.1 Å². The van der Waals surface area contributed by atoms with E-state index in [9.17, 15) is 31.1 Å². The van der Waals surface area contributed by atoms with Crippen LogP contribution in [0.3, 0.4) is 0 Å². The summed E-state index contributed by atoms with van der Waals surface area (Å²) in [6.07, 6.45) is -8.57. The minimum Gasteiger partial charge on any atom is -0.491 e. The first-order valence-corrected chi connectivity index (χ1v) is 11.1. The average molecular weight is 523 g/mol. The minimum atomic E-state index is -4.48. The molecule has 2 unspecified atom stereocenters. The zero-order valence-electron chi connectivity index (χ0n) is 18.8. The molecule has 2 aliphatic rings. The highest BCUT2D eigenvalue weighted by atomic mass is 19.4. The van der Waals surface area contributed by atoms with Crippen molar-refractivity contribution in [3.8, 4) is 11.6 Å². The molecule has 8 nitrogen and oxygen atoms in total. The monoisotopic (exact) mass is 523 g/mol. The second kappa shape index (κ2) is 10.5. The summed E-state index contributed by atoms with van der Waals surface area (Å²) >= 11 is 0. The number of aromatic nitrogens is 2. The second-order valence-corrected chi connectivity index (χ2v) is 8.37. The molecule has 0 spiro atoms. The maximum absolute atomic E-state index is 13.0. The minimum absolute atomic E-state index is 0.0279. The Balaban J connectivity index is 1.26. The van der Waals surface area contributed by atoms with Crippen LogP contribution in [0.25, 0.3) is 0 Å². The third-order valence-electron chi connectivity index (χ3n) is 5.50. The summed E-state index contributed by atoms with van der Waals surface area (Å²) in [6.45, 7) is -0.919. The number of alkyl halides is 6. The van der Waals surface area contributed by atoms with E-state index in [1.54, 1.807) is 0 Å². The predicted octanol–water partition coefficient (Wildman–Crippen LogP) is 3.38. The molecule has 1 aromatic carbocycles. The summed E-state index contributed by atoms with van der Waals surface area (Å²) in [5, 5.41) is 6.93. The summed E-state index contributed by atoms with van der Waals surface area (Å²) in [5.41, 5.74) is -0.370. The molecule has 14 heteroatoms. The highest BCUT2D eigenvalue weighted by Crippen LogP contribution is 2.34. The van der Waals surface area contributed by atoms with Crippen LogP contribution in [0, 0.1) is 0 Å². The SMILES string of the molecule is O=C(NC1COc2ccc(C(F)(F)F)cc2C1)c1cc2n(n1)CCC(COCCOCC(F)(F)F)O2. The maximum Gasteiger partial charge on any atom is 0.416 e. The molecule has 1 amide bonds. The Kier molecular flexibility index (Phi) is 7.64. The molecule has 0 saturated carbocycles. The van der Waals surface area contributed by atoms with Crippen molar-refractivity contribution in [2.75, 3.05) is 33.0 Å². The number of halogens is 6. The van der Waals surface area contributed by atoms with Gasteiger partial charge in [-0.1, -0.05) is 0 Å². The number of benzene rings is 1. The first-order valence-electron chi connectivity index (χ1n) is 11.1. The van der Waals surface area contributed by atoms with Gasteiger partial charge in [-0.3, -0.25) is 4.79 Å². The van der Waals surface area contributed by atoms with E-state index in [0.29, 0.717) is 30.2 Å². The first-order chi connectivity index (χ1) is 17.0. The summed E-state index contributed by atoms with van der Waals surface area (Å²) in [7, 11) is 0. The third-order valence-corrected chi connectivity index (χ3v) is 5.50. The highest BCUT2D eigenvalue weighted by Gasteiger charge is 2.33. The van der Waals surface area contributed by atoms with Gasteiger partial charge in [0.05, 0.1) is 31.4 Å². The average Bonchev–Trinajstić information content (AvgIpc) is 3.23. The van der Waals surface area contributed by atoms with Crippen molar-refractivity contribution >= 4 is 5.91 Å². The Hall–Kier alpha value is -3.00. The Morgan fingerprint density at radius 3 is 2.67 bits per heavy atom. The van der Waals surface area contributed by atoms with Gasteiger partial charge in [0, 0.05) is 19.0 Å². The molecule has 0 aliphatic carbocycles. The standard InChI is InChI=1S/C22H23F6N3O5/c23-21(24,25)12-34-6-5-33-11-16-3-4-31-19(36-16)9-17(30-31)20(32)29-15-8-13-7-14(22(26,27)28)1-2-18(13)35-10-15/h1-2,7,9,15-16H,3-6,8,10-12H2,(H,29,32). The van der Waals surface area contributed by atoms with E-state index in [1.165, 1.54) is 16.8 Å². The fourth-order valence-electron chi connectivity index (χ4n) is 3.82. The number of ether oxygens (including phenoxy) is 4. The fraction of sp³-hybridized carbons (Fsp3) is 0.545. The van der Waals surface area contributed by atoms with Crippen molar-refractivity contribution in [3.05, 3.63) is 41.1 Å². The molecule has 1 N–H and O–H groups in total. The summed E-state index contributed by atoms with van der Waals surface area (Å²) in [4.78, 5) is 12.7. The van der Waals surface area contributed by atoms with Gasteiger partial charge in [-0.2, -0.15) is 31.4 Å². The molecule has 0 fully saturated rings. The lowest BCUT2D eigenvalue weighted by molar-refractivity contribution is -0.177. The van der Waals surface area contributed by atoms with Crippen molar-refractivity contribution in [1.29, 1.82) is 0 Å². The molecule has 0 bridgehead atoms. The van der Waals surface area contributed by atoms with Gasteiger partial charge in [-0.05, 0) is 30.2 Å². The molecule has 36 heavy (non-hydrogen) atoms. The predicted molar refractivity (Wildman–Crippen MR) is 111 cm³/mol. The first kappa shape index (κ1) is 26.1. The fourth-order valence-corrected chi connectivity index (χ4v) is 3.82. The third kappa shape index (κ3) is 6.81. The van der Waals surface area contributed by atoms with Crippen LogP contribution in [0.5, 0.6) is 11.6 Å². The molecule has 198 valence electrons. The number of nitrogens with zero attached hydrogens (tertiary/aromatic N) is 2. The van der Waals surface area contributed by atoms with Crippen LogP contribution in [-0.4, -0.2) is 67.0 Å². The molecular weight excluding hydrogens is 500 g/mol. The molecule has 1 aromatic heterocycles. The van der Waals surface area contributed by atoms with E-state index in [2.05, 4.69) is 15.2 Å². The molecule has 0 saturated heterocycles.